The van der Waals surface area contributed by atoms with E-state index in [0.717, 1.165) is 64.2 Å². The van der Waals surface area contributed by atoms with Crippen molar-refractivity contribution in [2.75, 3.05) is 45.9 Å². The van der Waals surface area contributed by atoms with Crippen molar-refractivity contribution in [1.29, 1.82) is 0 Å². The maximum absolute atomic E-state index is 12.8. The molecule has 2 aromatic rings. The Morgan fingerprint density at radius 2 is 2.00 bits per heavy atom. The Morgan fingerprint density at radius 3 is 2.85 bits per heavy atom. The van der Waals surface area contributed by atoms with Crippen molar-refractivity contribution in [2.24, 2.45) is 5.92 Å². The fraction of sp³-hybridized carbons (Fsp3) is 0.550. The first-order valence-electron chi connectivity index (χ1n) is 9.73. The van der Waals surface area contributed by atoms with Gasteiger partial charge in [0, 0.05) is 38.1 Å². The summed E-state index contributed by atoms with van der Waals surface area (Å²) in [5.74, 6) is 0.466. The smallest absolute Gasteiger partial charge is 0.275 e. The highest BCUT2D eigenvalue weighted by molar-refractivity contribution is 5.81. The average Bonchev–Trinajstić information content (AvgIpc) is 2.71. The molecule has 3 heterocycles. The van der Waals surface area contributed by atoms with Gasteiger partial charge in [-0.05, 0) is 24.8 Å². The number of likely N-dealkylation sites (tertiary alicyclic amines) is 1. The van der Waals surface area contributed by atoms with Gasteiger partial charge in [0.25, 0.3) is 5.56 Å². The van der Waals surface area contributed by atoms with Crippen LogP contribution < -0.4 is 5.56 Å². The second-order valence-corrected chi connectivity index (χ2v) is 7.46. The lowest BCUT2D eigenvalue weighted by Gasteiger charge is -2.36. The van der Waals surface area contributed by atoms with Crippen LogP contribution in [0.3, 0.4) is 0 Å². The molecular weight excluding hydrogens is 344 g/mol. The number of rotatable bonds is 4. The normalized spacial score (nSPS) is 21.5. The van der Waals surface area contributed by atoms with Crippen LogP contribution in [0, 0.1) is 5.92 Å². The van der Waals surface area contributed by atoms with Crippen molar-refractivity contribution < 1.29 is 9.53 Å². The van der Waals surface area contributed by atoms with Gasteiger partial charge in [-0.3, -0.25) is 14.5 Å². The highest BCUT2D eigenvalue weighted by Gasteiger charge is 2.26. The van der Waals surface area contributed by atoms with Crippen LogP contribution in [0.4, 0.5) is 0 Å². The Morgan fingerprint density at radius 1 is 1.19 bits per heavy atom. The summed E-state index contributed by atoms with van der Waals surface area (Å²) >= 11 is 0. The number of benzene rings is 1. The van der Waals surface area contributed by atoms with E-state index in [1.807, 2.05) is 23.1 Å². The monoisotopic (exact) mass is 370 g/mol. The molecule has 0 unspecified atom stereocenters. The molecule has 0 aliphatic carbocycles. The quantitative estimate of drug-likeness (QED) is 0.802. The lowest BCUT2D eigenvalue weighted by molar-refractivity contribution is -0.134. The SMILES string of the molecule is O=C(Cn1ncc2ccccc2c1=O)N1CCC[C@@H](CN2CCOCC2)C1. The molecule has 7 nitrogen and oxygen atoms in total. The Hall–Kier alpha value is -2.25. The highest BCUT2D eigenvalue weighted by atomic mass is 16.5. The molecule has 0 bridgehead atoms. The summed E-state index contributed by atoms with van der Waals surface area (Å²) in [5.41, 5.74) is -0.205. The van der Waals surface area contributed by atoms with Crippen LogP contribution in [0.25, 0.3) is 10.8 Å². The summed E-state index contributed by atoms with van der Waals surface area (Å²) in [5, 5.41) is 5.59. The number of hydrogen-bond acceptors (Lipinski definition) is 5. The number of carbonyl (C=O) groups is 1. The van der Waals surface area contributed by atoms with Crippen molar-refractivity contribution in [3.05, 3.63) is 40.8 Å². The molecule has 2 saturated heterocycles. The maximum atomic E-state index is 12.8. The third-order valence-electron chi connectivity index (χ3n) is 5.54. The molecule has 0 N–H and O–H groups in total. The molecule has 7 heteroatoms. The lowest BCUT2D eigenvalue weighted by atomic mass is 9.97. The molecule has 1 aromatic carbocycles. The molecule has 1 amide bonds. The van der Waals surface area contributed by atoms with Gasteiger partial charge in [0.1, 0.15) is 6.54 Å². The van der Waals surface area contributed by atoms with E-state index in [4.69, 9.17) is 4.74 Å². The van der Waals surface area contributed by atoms with Gasteiger partial charge >= 0.3 is 0 Å². The Balaban J connectivity index is 1.40. The van der Waals surface area contributed by atoms with Gasteiger partial charge in [0.05, 0.1) is 24.8 Å². The van der Waals surface area contributed by atoms with E-state index in [2.05, 4.69) is 10.00 Å². The fourth-order valence-electron chi connectivity index (χ4n) is 4.06. The largest absolute Gasteiger partial charge is 0.379 e. The van der Waals surface area contributed by atoms with Gasteiger partial charge in [-0.15, -0.1) is 0 Å². The minimum absolute atomic E-state index is 0.00788. The molecule has 2 aliphatic heterocycles. The molecule has 1 aromatic heterocycles. The molecule has 0 spiro atoms. The van der Waals surface area contributed by atoms with Gasteiger partial charge in [-0.1, -0.05) is 18.2 Å². The number of amides is 1. The van der Waals surface area contributed by atoms with Crippen molar-refractivity contribution in [1.82, 2.24) is 19.6 Å². The number of carbonyl (C=O) groups excluding carboxylic acids is 1. The fourth-order valence-corrected chi connectivity index (χ4v) is 4.06. The second-order valence-electron chi connectivity index (χ2n) is 7.46. The van der Waals surface area contributed by atoms with E-state index < -0.39 is 0 Å². The summed E-state index contributed by atoms with van der Waals surface area (Å²) in [7, 11) is 0. The van der Waals surface area contributed by atoms with E-state index >= 15 is 0 Å². The topological polar surface area (TPSA) is 67.7 Å². The number of aromatic nitrogens is 2. The van der Waals surface area contributed by atoms with Crippen LogP contribution in [-0.2, 0) is 16.1 Å². The highest BCUT2D eigenvalue weighted by Crippen LogP contribution is 2.18. The molecule has 27 heavy (non-hydrogen) atoms. The van der Waals surface area contributed by atoms with Crippen molar-refractivity contribution in [3.8, 4) is 0 Å². The predicted octanol–water partition coefficient (Wildman–Crippen LogP) is 0.967. The van der Waals surface area contributed by atoms with E-state index in [1.165, 1.54) is 4.68 Å². The number of nitrogens with zero attached hydrogens (tertiary/aromatic N) is 4. The summed E-state index contributed by atoms with van der Waals surface area (Å²) in [4.78, 5) is 29.7. The van der Waals surface area contributed by atoms with Crippen LogP contribution in [0.15, 0.2) is 35.3 Å². The van der Waals surface area contributed by atoms with Crippen LogP contribution in [0.1, 0.15) is 12.8 Å². The number of ether oxygens (including phenoxy) is 1. The third kappa shape index (κ3) is 4.20. The standard InChI is InChI=1S/C20H26N4O3/c25-19(15-24-20(26)18-6-2-1-5-17(18)12-21-24)23-7-3-4-16(14-23)13-22-8-10-27-11-9-22/h1-2,5-6,12,16H,3-4,7-11,13-15H2/t16-/m0/s1. The first-order chi connectivity index (χ1) is 13.2. The van der Waals surface area contributed by atoms with E-state index in [-0.39, 0.29) is 18.0 Å². The Labute approximate surface area is 158 Å². The zero-order valence-electron chi connectivity index (χ0n) is 15.5. The summed E-state index contributed by atoms with van der Waals surface area (Å²) in [6.07, 6.45) is 3.82. The Bertz CT molecular complexity index is 860. The predicted molar refractivity (Wildman–Crippen MR) is 103 cm³/mol. The zero-order valence-corrected chi connectivity index (χ0v) is 15.5. The minimum atomic E-state index is -0.205. The van der Waals surface area contributed by atoms with Gasteiger partial charge < -0.3 is 9.64 Å². The molecule has 2 aliphatic rings. The second kappa shape index (κ2) is 8.19. The van der Waals surface area contributed by atoms with Crippen LogP contribution in [-0.4, -0.2) is 71.4 Å². The third-order valence-corrected chi connectivity index (χ3v) is 5.54. The number of morpholine rings is 1. The van der Waals surface area contributed by atoms with Gasteiger partial charge in [0.15, 0.2) is 0 Å². The van der Waals surface area contributed by atoms with E-state index in [9.17, 15) is 9.59 Å². The molecule has 2 fully saturated rings. The summed E-state index contributed by atoms with van der Waals surface area (Å²) in [6.45, 7) is 6.09. The number of fused-ring (bicyclic) bond motifs is 1. The number of piperidine rings is 1. The average molecular weight is 370 g/mol. The molecule has 1 atom stereocenters. The molecule has 0 saturated carbocycles. The molecule has 4 rings (SSSR count). The van der Waals surface area contributed by atoms with Crippen LogP contribution in [0.2, 0.25) is 0 Å². The van der Waals surface area contributed by atoms with Gasteiger partial charge in [0.2, 0.25) is 5.91 Å². The minimum Gasteiger partial charge on any atom is -0.379 e. The Kier molecular flexibility index (Phi) is 5.50. The van der Waals surface area contributed by atoms with Crippen molar-refractivity contribution in [2.45, 2.75) is 19.4 Å². The number of hydrogen-bond donors (Lipinski definition) is 0. The first-order valence-corrected chi connectivity index (χ1v) is 9.73. The molecule has 0 radical (unpaired) electrons. The van der Waals surface area contributed by atoms with Gasteiger partial charge in [-0.2, -0.15) is 5.10 Å². The van der Waals surface area contributed by atoms with Gasteiger partial charge in [-0.25, -0.2) is 4.68 Å². The van der Waals surface area contributed by atoms with Crippen molar-refractivity contribution >= 4 is 16.7 Å². The van der Waals surface area contributed by atoms with E-state index in [0.29, 0.717) is 11.3 Å². The summed E-state index contributed by atoms with van der Waals surface area (Å²) < 4.78 is 6.70. The summed E-state index contributed by atoms with van der Waals surface area (Å²) in [6, 6.07) is 7.34. The molecular formula is C20H26N4O3. The van der Waals surface area contributed by atoms with Crippen molar-refractivity contribution in [3.63, 3.8) is 0 Å². The zero-order chi connectivity index (χ0) is 18.6. The first kappa shape index (κ1) is 18.1. The lowest BCUT2D eigenvalue weighted by Crippen LogP contribution is -2.47. The van der Waals surface area contributed by atoms with Crippen LogP contribution >= 0.6 is 0 Å². The molecule has 144 valence electrons. The van der Waals surface area contributed by atoms with E-state index in [1.54, 1.807) is 12.3 Å². The maximum Gasteiger partial charge on any atom is 0.275 e. The van der Waals surface area contributed by atoms with Crippen LogP contribution in [0.5, 0.6) is 0 Å².